The molecule has 0 radical (unpaired) electrons. The molecular formula is C11H28FKN4. The molecule has 5 N–H and O–H groups in total. The molecule has 100 valence electrons. The summed E-state index contributed by atoms with van der Waals surface area (Å²) in [7, 11) is 0. The van der Waals surface area contributed by atoms with Gasteiger partial charge in [-0.05, 0) is 25.4 Å². The van der Waals surface area contributed by atoms with Gasteiger partial charge in [-0.3, -0.25) is 4.39 Å². The van der Waals surface area contributed by atoms with Crippen molar-refractivity contribution in [1.82, 2.24) is 5.32 Å². The van der Waals surface area contributed by atoms with Crippen LogP contribution in [0.15, 0.2) is 0 Å². The first-order valence-electron chi connectivity index (χ1n) is 6.06. The van der Waals surface area contributed by atoms with Gasteiger partial charge in [-0.15, -0.1) is 0 Å². The van der Waals surface area contributed by atoms with E-state index < -0.39 is 0 Å². The molecule has 0 saturated carbocycles. The van der Waals surface area contributed by atoms with E-state index in [9.17, 15) is 4.39 Å². The van der Waals surface area contributed by atoms with Crippen molar-refractivity contribution in [3.63, 3.8) is 0 Å². The first kappa shape index (κ1) is 23.5. The van der Waals surface area contributed by atoms with E-state index in [1.54, 1.807) is 0 Å². The predicted octanol–water partition coefficient (Wildman–Crippen LogP) is -2.13. The van der Waals surface area contributed by atoms with Crippen molar-refractivity contribution < 1.29 is 55.8 Å². The van der Waals surface area contributed by atoms with Crippen LogP contribution in [-0.4, -0.2) is 45.9 Å². The van der Waals surface area contributed by atoms with Crippen molar-refractivity contribution in [3.8, 4) is 0 Å². The van der Waals surface area contributed by atoms with Crippen LogP contribution in [0, 0.1) is 5.92 Å². The van der Waals surface area contributed by atoms with Gasteiger partial charge in [0.1, 0.15) is 0 Å². The zero-order valence-electron chi connectivity index (χ0n) is 11.7. The molecule has 6 heteroatoms. The van der Waals surface area contributed by atoms with Gasteiger partial charge in [-0.1, -0.05) is 13.8 Å². The minimum absolute atomic E-state index is 0. The van der Waals surface area contributed by atoms with Gasteiger partial charge >= 0.3 is 51.4 Å². The molecular weight excluding hydrogens is 246 g/mol. The quantitative estimate of drug-likeness (QED) is 0.332. The molecule has 0 heterocycles. The summed E-state index contributed by atoms with van der Waals surface area (Å²) in [5, 5.41) is 7.07. The smallest absolute Gasteiger partial charge is 0.663 e. The molecule has 17 heavy (non-hydrogen) atoms. The van der Waals surface area contributed by atoms with Crippen LogP contribution in [-0.2, 0) is 0 Å². The van der Waals surface area contributed by atoms with E-state index >= 15 is 0 Å². The Kier molecular flexibility index (Phi) is 31.2. The van der Waals surface area contributed by atoms with E-state index in [1.807, 2.05) is 13.8 Å². The second kappa shape index (κ2) is 22.6. The van der Waals surface area contributed by atoms with E-state index in [-0.39, 0.29) is 64.0 Å². The van der Waals surface area contributed by atoms with Gasteiger partial charge in [0.15, 0.2) is 0 Å². The standard InChI is InChI=1S/C7H18FN3.C4H10N.K/c8-2-1-7(5-10)6-11-4-3-9;1-3-5-4-2;/h7,11H,1-6,9-10H2;3-4H2,1-2H3;/q;-1;+1. The maximum atomic E-state index is 11.8. The Morgan fingerprint density at radius 1 is 1.24 bits per heavy atom. The number of alkyl halides is 1. The molecule has 0 bridgehead atoms. The van der Waals surface area contributed by atoms with Gasteiger partial charge in [-0.2, -0.15) is 13.1 Å². The molecule has 0 aromatic heterocycles. The van der Waals surface area contributed by atoms with Gasteiger partial charge in [0, 0.05) is 13.1 Å². The molecule has 0 fully saturated rings. The first-order chi connectivity index (χ1) is 7.76. The second-order valence-corrected chi connectivity index (χ2v) is 3.43. The van der Waals surface area contributed by atoms with E-state index in [0.717, 1.165) is 26.2 Å². The van der Waals surface area contributed by atoms with E-state index in [4.69, 9.17) is 11.5 Å². The molecule has 4 nitrogen and oxygen atoms in total. The summed E-state index contributed by atoms with van der Waals surface area (Å²) in [5.74, 6) is 0.256. The van der Waals surface area contributed by atoms with Crippen molar-refractivity contribution >= 4 is 0 Å². The average molecular weight is 274 g/mol. The van der Waals surface area contributed by atoms with Crippen LogP contribution in [0.4, 0.5) is 4.39 Å². The van der Waals surface area contributed by atoms with Crippen LogP contribution in [0.5, 0.6) is 0 Å². The largest absolute Gasteiger partial charge is 1.00 e. The van der Waals surface area contributed by atoms with Crippen molar-refractivity contribution in [3.05, 3.63) is 5.32 Å². The summed E-state index contributed by atoms with van der Waals surface area (Å²) in [6.45, 7) is 8.46. The maximum Gasteiger partial charge on any atom is 1.00 e. The Labute approximate surface area is 148 Å². The number of rotatable bonds is 9. The molecule has 1 atom stereocenters. The zero-order chi connectivity index (χ0) is 12.6. The number of nitrogens with two attached hydrogens (primary N) is 2. The minimum atomic E-state index is -0.286. The zero-order valence-corrected chi connectivity index (χ0v) is 14.8. The predicted molar refractivity (Wildman–Crippen MR) is 69.5 cm³/mol. The molecule has 0 saturated heterocycles. The Bertz CT molecular complexity index is 118. The van der Waals surface area contributed by atoms with Gasteiger partial charge in [-0.25, -0.2) is 0 Å². The number of nitrogens with zero attached hydrogens (tertiary/aromatic N) is 1. The monoisotopic (exact) mass is 274 g/mol. The van der Waals surface area contributed by atoms with Crippen molar-refractivity contribution in [2.75, 3.05) is 45.9 Å². The third kappa shape index (κ3) is 23.0. The molecule has 1 unspecified atom stereocenters. The average Bonchev–Trinajstić information content (AvgIpc) is 2.30. The number of halogens is 1. The fourth-order valence-electron chi connectivity index (χ4n) is 1.09. The summed E-state index contributed by atoms with van der Waals surface area (Å²) in [5.41, 5.74) is 10.7. The Hall–Kier alpha value is 1.41. The number of nitrogens with one attached hydrogen (secondary N) is 1. The van der Waals surface area contributed by atoms with Crippen LogP contribution in [0.3, 0.4) is 0 Å². The fourth-order valence-corrected chi connectivity index (χ4v) is 1.09. The normalized spacial score (nSPS) is 11.1. The molecule has 0 spiro atoms. The SMILES string of the molecule is CC[N-]CC.NCCNCC(CN)CCF.[K+]. The number of hydrogen-bond acceptors (Lipinski definition) is 3. The summed E-state index contributed by atoms with van der Waals surface area (Å²) in [4.78, 5) is 0. The van der Waals surface area contributed by atoms with Crippen molar-refractivity contribution in [1.29, 1.82) is 0 Å². The molecule has 0 aromatic carbocycles. The molecule has 0 aliphatic heterocycles. The third-order valence-electron chi connectivity index (χ3n) is 2.05. The molecule has 0 aromatic rings. The molecule has 0 aliphatic rings. The molecule has 0 aliphatic carbocycles. The topological polar surface area (TPSA) is 78.2 Å². The van der Waals surface area contributed by atoms with Gasteiger partial charge in [0.05, 0.1) is 6.67 Å². The van der Waals surface area contributed by atoms with Crippen molar-refractivity contribution in [2.45, 2.75) is 20.3 Å². The van der Waals surface area contributed by atoms with Crippen LogP contribution in [0.25, 0.3) is 5.32 Å². The Morgan fingerprint density at radius 2 is 1.82 bits per heavy atom. The summed E-state index contributed by atoms with van der Waals surface area (Å²) >= 11 is 0. The van der Waals surface area contributed by atoms with Gasteiger partial charge in [0.2, 0.25) is 0 Å². The first-order valence-corrected chi connectivity index (χ1v) is 6.06. The van der Waals surface area contributed by atoms with E-state index in [0.29, 0.717) is 19.5 Å². The van der Waals surface area contributed by atoms with Gasteiger partial charge < -0.3 is 22.1 Å². The minimum Gasteiger partial charge on any atom is -0.663 e. The summed E-state index contributed by atoms with van der Waals surface area (Å²) < 4.78 is 11.8. The maximum absolute atomic E-state index is 11.8. The van der Waals surface area contributed by atoms with Crippen LogP contribution >= 0.6 is 0 Å². The Morgan fingerprint density at radius 3 is 2.12 bits per heavy atom. The van der Waals surface area contributed by atoms with Crippen molar-refractivity contribution in [2.24, 2.45) is 17.4 Å². The van der Waals surface area contributed by atoms with Crippen LogP contribution in [0.2, 0.25) is 0 Å². The second-order valence-electron chi connectivity index (χ2n) is 3.43. The van der Waals surface area contributed by atoms with Crippen LogP contribution < -0.4 is 68.2 Å². The van der Waals surface area contributed by atoms with E-state index in [1.165, 1.54) is 0 Å². The van der Waals surface area contributed by atoms with Gasteiger partial charge in [0.25, 0.3) is 0 Å². The Balaban J connectivity index is -0.000000280. The number of hydrogen-bond donors (Lipinski definition) is 3. The summed E-state index contributed by atoms with van der Waals surface area (Å²) in [6, 6.07) is 0. The molecule has 0 amide bonds. The summed E-state index contributed by atoms with van der Waals surface area (Å²) in [6.07, 6.45) is 0.550. The van der Waals surface area contributed by atoms with E-state index in [2.05, 4.69) is 10.6 Å². The van der Waals surface area contributed by atoms with Crippen LogP contribution in [0.1, 0.15) is 20.3 Å². The molecule has 0 rings (SSSR count). The fraction of sp³-hybridized carbons (Fsp3) is 1.00. The third-order valence-corrected chi connectivity index (χ3v) is 2.05.